The Morgan fingerprint density at radius 3 is 1.09 bits per heavy atom. The smallest absolute Gasteiger partial charge is 0.343 e. The Morgan fingerprint density at radius 2 is 0.717 bits per heavy atom. The molecule has 6 N–H and O–H groups in total. The van der Waals surface area contributed by atoms with Crippen molar-refractivity contribution in [3.8, 4) is 0 Å². The lowest BCUT2D eigenvalue weighted by molar-refractivity contribution is -0.144. The Balaban J connectivity index is 0.000000167. The fraction of sp³-hybridized carbons (Fsp3) is 0.206. The number of carbonyl (C=O) groups is 8. The highest BCUT2D eigenvalue weighted by atomic mass is 79.9. The van der Waals surface area contributed by atoms with Gasteiger partial charge in [0.2, 0.25) is 27.1 Å². The number of aromatic nitrogens is 5. The van der Waals surface area contributed by atoms with Crippen LogP contribution in [0.2, 0.25) is 0 Å². The summed E-state index contributed by atoms with van der Waals surface area (Å²) in [5, 5.41) is 28.1. The average molecular weight is 1980 g/mol. The number of pyridine rings is 5. The Labute approximate surface area is 762 Å². The van der Waals surface area contributed by atoms with Gasteiger partial charge < -0.3 is 63.6 Å². The second-order valence-corrected chi connectivity index (χ2v) is 33.5. The van der Waals surface area contributed by atoms with Crippen LogP contribution in [0.25, 0.3) is 54.5 Å². The van der Waals surface area contributed by atoms with Crippen molar-refractivity contribution in [2.45, 2.75) is 99.2 Å². The SMILES string of the molecule is CC(C)CC(NC(=O)c1cn(Cc2ccccc2)c2ccc(Br)cc2c1=O)C(=O)O.CC(NC(=O)c1cn(Cc2ccccc2)c2ccc(Br)cc2c1=O)C(=O)O.CCOC(=O)c1c[nH]c2ccc(Br)cc2c1=O.CCOC(=O)c1cn(Cc2ccccc2)c2ccc(Br)cc2c1=O.COC(=O)C(NC(=O)c1cn(Cc2ccccc2)c2ccccc2c1=O)C(C)C. The largest absolute Gasteiger partial charge is 0.480 e. The summed E-state index contributed by atoms with van der Waals surface area (Å²) in [6.45, 7) is 14.6. The number of ether oxygens (including phenoxy) is 3. The second kappa shape index (κ2) is 45.0. The maximum absolute atomic E-state index is 13.1. The number of aliphatic carboxylic acids is 2. The van der Waals surface area contributed by atoms with Gasteiger partial charge in [-0.3, -0.25) is 43.2 Å². The first kappa shape index (κ1) is 95.9. The lowest BCUT2D eigenvalue weighted by Crippen LogP contribution is -2.46. The van der Waals surface area contributed by atoms with E-state index in [1.807, 2.05) is 208 Å². The first-order chi connectivity index (χ1) is 60.8. The number of para-hydroxylation sites is 1. The highest BCUT2D eigenvalue weighted by Gasteiger charge is 2.29. The highest BCUT2D eigenvalue weighted by molar-refractivity contribution is 9.11. The van der Waals surface area contributed by atoms with Gasteiger partial charge in [0.15, 0.2) is 0 Å². The zero-order valence-electron chi connectivity index (χ0n) is 70.2. The molecule has 0 aliphatic rings. The van der Waals surface area contributed by atoms with E-state index in [0.29, 0.717) is 69.7 Å². The average Bonchev–Trinajstić information content (AvgIpc) is 0.644. The number of amides is 3. The standard InChI is InChI=1S/C23H23BrN2O4.C23H24N2O4.C20H17BrN2O4.C19H16BrNO3.C12H10BrNO3/c1-14(2)10-19(23(29)30)25-22(28)18-13-26(12-15-6-4-3-5-7-15)20-9-8-16(24)11-17(20)21(18)27;1-15(2)20(23(28)29-3)24-22(27)18-14-25(13-16-9-5-4-6-10-16)19-12-8-7-11-17(19)21(18)26;1-12(20(26)27)22-19(25)16-11-23(10-13-5-3-2-4-6-13)17-8-7-14(21)9-15(17)18(16)24;1-2-24-19(23)16-12-21(11-13-6-4-3-5-7-13)17-9-8-14(20)10-15(17)18(16)22;1-2-17-12(16)9-6-14-10-4-3-7(13)5-8(10)11(9)15/h3-9,11,13-14,19H,10,12H2,1-2H3,(H,25,28)(H,29,30);4-12,14-15,20H,13H2,1-3H3,(H,24,27);2-9,11-12H,10H2,1H3,(H,22,25)(H,26,27);3-10,12H,2,11H2,1H3;3-6H,2H2,1H3,(H,14,15). The Hall–Kier alpha value is -13.3. The lowest BCUT2D eigenvalue weighted by atomic mass is 10.0. The van der Waals surface area contributed by atoms with Crippen LogP contribution in [0.15, 0.2) is 291 Å². The van der Waals surface area contributed by atoms with E-state index in [1.54, 1.807) is 82.6 Å². The molecule has 0 fully saturated rings. The van der Waals surface area contributed by atoms with Gasteiger partial charge in [-0.25, -0.2) is 19.2 Å². The van der Waals surface area contributed by atoms with Gasteiger partial charge in [-0.15, -0.1) is 0 Å². The molecule has 0 aliphatic carbocycles. The quantitative estimate of drug-likeness (QED) is 0.0242. The molecule has 127 heavy (non-hydrogen) atoms. The van der Waals surface area contributed by atoms with Crippen LogP contribution in [0.1, 0.15) is 129 Å². The molecule has 3 amide bonds. The van der Waals surface area contributed by atoms with Crippen molar-refractivity contribution in [2.75, 3.05) is 20.3 Å². The number of aromatic amines is 1. The minimum atomic E-state index is -1.17. The van der Waals surface area contributed by atoms with E-state index < -0.39 is 76.6 Å². The highest BCUT2D eigenvalue weighted by Crippen LogP contribution is 2.26. The molecular formula is C97H90Br4N8O18. The summed E-state index contributed by atoms with van der Waals surface area (Å²) in [5.74, 6) is -6.11. The number of carboxylic acids is 2. The Bertz CT molecular complexity index is 6740. The molecule has 0 radical (unpaired) electrons. The molecule has 0 saturated heterocycles. The van der Waals surface area contributed by atoms with Crippen LogP contribution in [-0.2, 0) is 54.8 Å². The molecule has 654 valence electrons. The minimum Gasteiger partial charge on any atom is -0.480 e. The lowest BCUT2D eigenvalue weighted by Gasteiger charge is -2.20. The molecule has 0 bridgehead atoms. The summed E-state index contributed by atoms with van der Waals surface area (Å²) in [6, 6.07) is 64.6. The molecule has 9 aromatic carbocycles. The summed E-state index contributed by atoms with van der Waals surface area (Å²) < 4.78 is 25.1. The summed E-state index contributed by atoms with van der Waals surface area (Å²) in [7, 11) is 1.27. The molecule has 0 saturated carbocycles. The third-order valence-electron chi connectivity index (χ3n) is 19.9. The van der Waals surface area contributed by atoms with Gasteiger partial charge in [0.25, 0.3) is 17.7 Å². The van der Waals surface area contributed by atoms with Crippen molar-refractivity contribution in [3.05, 3.63) is 368 Å². The van der Waals surface area contributed by atoms with Crippen molar-refractivity contribution in [3.63, 3.8) is 0 Å². The molecule has 3 unspecified atom stereocenters. The van der Waals surface area contributed by atoms with Gasteiger partial charge in [-0.1, -0.05) is 225 Å². The van der Waals surface area contributed by atoms with Crippen molar-refractivity contribution in [1.82, 2.24) is 39.2 Å². The fourth-order valence-corrected chi connectivity index (χ4v) is 15.0. The molecule has 0 spiro atoms. The number of benzene rings is 9. The van der Waals surface area contributed by atoms with Gasteiger partial charge in [0.1, 0.15) is 45.9 Å². The molecule has 0 aliphatic heterocycles. The fourth-order valence-electron chi connectivity index (χ4n) is 13.6. The number of carbonyl (C=O) groups excluding carboxylic acids is 6. The van der Waals surface area contributed by atoms with E-state index in [-0.39, 0.29) is 75.6 Å². The molecule has 5 heterocycles. The number of nitrogens with zero attached hydrogens (tertiary/aromatic N) is 4. The second-order valence-electron chi connectivity index (χ2n) is 29.9. The van der Waals surface area contributed by atoms with Gasteiger partial charge in [0.05, 0.1) is 42.4 Å². The number of fused-ring (bicyclic) bond motifs is 5. The molecule has 5 aromatic heterocycles. The summed E-state index contributed by atoms with van der Waals surface area (Å²) in [4.78, 5) is 163. The minimum absolute atomic E-state index is 0.00539. The number of esters is 3. The van der Waals surface area contributed by atoms with Crippen LogP contribution in [-0.4, -0.2) is 119 Å². The number of methoxy groups -OCH3 is 1. The van der Waals surface area contributed by atoms with Crippen LogP contribution in [0.3, 0.4) is 0 Å². The van der Waals surface area contributed by atoms with Crippen molar-refractivity contribution >= 4 is 166 Å². The molecule has 14 rings (SSSR count). The first-order valence-electron chi connectivity index (χ1n) is 40.1. The van der Waals surface area contributed by atoms with E-state index >= 15 is 0 Å². The molecule has 3 atom stereocenters. The molecule has 14 aromatic rings. The van der Waals surface area contributed by atoms with Crippen molar-refractivity contribution < 1.29 is 62.8 Å². The summed E-state index contributed by atoms with van der Waals surface area (Å²) in [6.07, 6.45) is 7.80. The maximum Gasteiger partial charge on any atom is 0.343 e. The number of halogens is 4. The zero-order chi connectivity index (χ0) is 91.9. The van der Waals surface area contributed by atoms with Gasteiger partial charge in [-0.2, -0.15) is 0 Å². The van der Waals surface area contributed by atoms with E-state index in [2.05, 4.69) is 84.7 Å². The number of rotatable bonds is 24. The number of hydrogen-bond donors (Lipinski definition) is 6. The molecule has 26 nitrogen and oxygen atoms in total. The summed E-state index contributed by atoms with van der Waals surface area (Å²) >= 11 is 13.4. The normalized spacial score (nSPS) is 11.6. The van der Waals surface area contributed by atoms with Gasteiger partial charge >= 0.3 is 29.8 Å². The van der Waals surface area contributed by atoms with Crippen LogP contribution in [0.5, 0.6) is 0 Å². The van der Waals surface area contributed by atoms with Gasteiger partial charge in [-0.05, 0) is 146 Å². The van der Waals surface area contributed by atoms with Crippen LogP contribution < -0.4 is 43.1 Å². The van der Waals surface area contributed by atoms with E-state index in [9.17, 15) is 67.4 Å². The summed E-state index contributed by atoms with van der Waals surface area (Å²) in [5.41, 5.74) is 5.78. The Kier molecular flexibility index (Phi) is 34.0. The topological polar surface area (TPSA) is 362 Å². The van der Waals surface area contributed by atoms with Gasteiger partial charge in [0, 0.05) is 108 Å². The number of H-pyrrole nitrogens is 1. The number of hydrogen-bond acceptors (Lipinski definition) is 16. The zero-order valence-corrected chi connectivity index (χ0v) is 76.6. The molecule has 30 heteroatoms. The predicted octanol–water partition coefficient (Wildman–Crippen LogP) is 16.5. The van der Waals surface area contributed by atoms with Crippen molar-refractivity contribution in [2.24, 2.45) is 11.8 Å². The third-order valence-corrected chi connectivity index (χ3v) is 21.9. The van der Waals surface area contributed by atoms with E-state index in [0.717, 1.165) is 51.2 Å². The van der Waals surface area contributed by atoms with Crippen LogP contribution in [0.4, 0.5) is 0 Å². The number of carboxylic acid groups (broad SMARTS) is 2. The first-order valence-corrected chi connectivity index (χ1v) is 43.3. The van der Waals surface area contributed by atoms with E-state index in [1.165, 1.54) is 32.6 Å². The predicted molar refractivity (Wildman–Crippen MR) is 503 cm³/mol. The monoisotopic (exact) mass is 1970 g/mol. The number of nitrogens with one attached hydrogen (secondary N) is 4. The van der Waals surface area contributed by atoms with Crippen LogP contribution >= 0.6 is 63.7 Å². The Morgan fingerprint density at radius 1 is 0.386 bits per heavy atom. The van der Waals surface area contributed by atoms with Crippen molar-refractivity contribution in [1.29, 1.82) is 0 Å². The van der Waals surface area contributed by atoms with E-state index in [4.69, 9.17) is 19.3 Å². The molecular weight excluding hydrogens is 1880 g/mol. The third kappa shape index (κ3) is 25.1. The van der Waals surface area contributed by atoms with Crippen LogP contribution in [0, 0.1) is 11.8 Å². The maximum atomic E-state index is 13.1.